The van der Waals surface area contributed by atoms with E-state index in [4.69, 9.17) is 5.14 Å². The zero-order chi connectivity index (χ0) is 16.4. The van der Waals surface area contributed by atoms with E-state index in [1.165, 1.54) is 6.92 Å². The summed E-state index contributed by atoms with van der Waals surface area (Å²) in [4.78, 5) is 11.4. The van der Waals surface area contributed by atoms with Crippen molar-refractivity contribution in [3.05, 3.63) is 29.3 Å². The summed E-state index contributed by atoms with van der Waals surface area (Å²) in [5, 5.41) is 6.56. The lowest BCUT2D eigenvalue weighted by molar-refractivity contribution is -0.123. The van der Waals surface area contributed by atoms with Crippen molar-refractivity contribution in [2.75, 3.05) is 6.54 Å². The summed E-state index contributed by atoms with van der Waals surface area (Å²) >= 11 is 0. The summed E-state index contributed by atoms with van der Waals surface area (Å²) < 4.78 is 71.4. The van der Waals surface area contributed by atoms with Gasteiger partial charge in [0, 0.05) is 5.56 Å². The third-order valence-corrected chi connectivity index (χ3v) is 3.49. The smallest absolute Gasteiger partial charge is 0.324 e. The number of nitrogens with one attached hydrogen (secondary N) is 1. The van der Waals surface area contributed by atoms with Crippen LogP contribution >= 0.6 is 0 Å². The molecule has 0 aliphatic rings. The number of nitrogens with two attached hydrogens (primary N) is 1. The highest BCUT2D eigenvalue weighted by molar-refractivity contribution is 7.89. The molecule has 0 heterocycles. The van der Waals surface area contributed by atoms with Crippen molar-refractivity contribution >= 4 is 15.9 Å². The topological polar surface area (TPSA) is 89.3 Å². The van der Waals surface area contributed by atoms with Crippen molar-refractivity contribution in [3.63, 3.8) is 0 Å². The first-order chi connectivity index (χ1) is 9.45. The number of sulfonamides is 1. The molecule has 1 aromatic rings. The minimum atomic E-state index is -4.34. The molecule has 1 aromatic carbocycles. The van der Waals surface area contributed by atoms with E-state index in [9.17, 15) is 30.8 Å². The molecule has 0 aromatic heterocycles. The standard InChI is InChI=1S/C11H12F4N2O3S/c1-6-4-7(21(16,19)20)2-3-8(6)9(18)17-5-11(14,15)10(12)13/h2-4,10H,5H2,1H3,(H,17,18)(H2,16,19,20). The molecular weight excluding hydrogens is 316 g/mol. The maximum Gasteiger partial charge on any atom is 0.324 e. The van der Waals surface area contributed by atoms with Gasteiger partial charge in [-0.15, -0.1) is 0 Å². The van der Waals surface area contributed by atoms with Crippen LogP contribution in [0.5, 0.6) is 0 Å². The highest BCUT2D eigenvalue weighted by Crippen LogP contribution is 2.22. The van der Waals surface area contributed by atoms with Crippen LogP contribution in [0.25, 0.3) is 0 Å². The summed E-state index contributed by atoms with van der Waals surface area (Å²) in [6.45, 7) is -0.172. The first-order valence-corrected chi connectivity index (χ1v) is 7.07. The van der Waals surface area contributed by atoms with Crippen LogP contribution in [0.4, 0.5) is 17.6 Å². The van der Waals surface area contributed by atoms with Crippen molar-refractivity contribution in [2.45, 2.75) is 24.2 Å². The van der Waals surface area contributed by atoms with E-state index >= 15 is 0 Å². The van der Waals surface area contributed by atoms with Crippen LogP contribution in [0.15, 0.2) is 23.1 Å². The number of hydrogen-bond acceptors (Lipinski definition) is 3. The number of benzene rings is 1. The third kappa shape index (κ3) is 4.39. The Labute approximate surface area is 118 Å². The van der Waals surface area contributed by atoms with Crippen LogP contribution < -0.4 is 10.5 Å². The molecule has 5 nitrogen and oxygen atoms in total. The second-order valence-electron chi connectivity index (χ2n) is 4.27. The van der Waals surface area contributed by atoms with Crippen LogP contribution in [-0.2, 0) is 10.0 Å². The number of carbonyl (C=O) groups excluding carboxylic acids is 1. The average molecular weight is 328 g/mol. The summed E-state index contributed by atoms with van der Waals surface area (Å²) in [6, 6.07) is 3.16. The zero-order valence-corrected chi connectivity index (χ0v) is 11.6. The fourth-order valence-electron chi connectivity index (χ4n) is 1.44. The van der Waals surface area contributed by atoms with Gasteiger partial charge in [-0.05, 0) is 30.7 Å². The van der Waals surface area contributed by atoms with Gasteiger partial charge in [-0.25, -0.2) is 22.3 Å². The second-order valence-corrected chi connectivity index (χ2v) is 5.83. The van der Waals surface area contributed by atoms with Gasteiger partial charge in [-0.2, -0.15) is 8.78 Å². The van der Waals surface area contributed by atoms with Crippen LogP contribution in [0.3, 0.4) is 0 Å². The Morgan fingerprint density at radius 1 is 1.38 bits per heavy atom. The molecular formula is C11H12F4N2O3S. The molecule has 0 fully saturated rings. The van der Waals surface area contributed by atoms with Crippen molar-refractivity contribution in [3.8, 4) is 0 Å². The van der Waals surface area contributed by atoms with Gasteiger partial charge >= 0.3 is 12.3 Å². The number of amides is 1. The molecule has 0 saturated carbocycles. The van der Waals surface area contributed by atoms with E-state index < -0.39 is 34.8 Å². The summed E-state index contributed by atoms with van der Waals surface area (Å²) in [5.74, 6) is -5.36. The highest BCUT2D eigenvalue weighted by Gasteiger charge is 2.40. The van der Waals surface area contributed by atoms with E-state index in [1.807, 2.05) is 0 Å². The van der Waals surface area contributed by atoms with Gasteiger partial charge in [0.05, 0.1) is 11.4 Å². The number of carbonyl (C=O) groups is 1. The van der Waals surface area contributed by atoms with Gasteiger partial charge in [-0.3, -0.25) is 4.79 Å². The summed E-state index contributed by atoms with van der Waals surface area (Å²) in [6.07, 6.45) is -3.90. The van der Waals surface area contributed by atoms with Crippen LogP contribution in [-0.4, -0.2) is 33.2 Å². The normalized spacial score (nSPS) is 12.5. The van der Waals surface area contributed by atoms with Crippen LogP contribution in [0, 0.1) is 6.92 Å². The van der Waals surface area contributed by atoms with E-state index in [0.717, 1.165) is 18.2 Å². The molecule has 0 unspecified atom stereocenters. The first-order valence-electron chi connectivity index (χ1n) is 5.53. The molecule has 21 heavy (non-hydrogen) atoms. The quantitative estimate of drug-likeness (QED) is 0.798. The molecule has 0 spiro atoms. The van der Waals surface area contributed by atoms with Crippen LogP contribution in [0.2, 0.25) is 0 Å². The predicted molar refractivity (Wildman–Crippen MR) is 65.8 cm³/mol. The SMILES string of the molecule is Cc1cc(S(N)(=O)=O)ccc1C(=O)NCC(F)(F)C(F)F. The van der Waals surface area contributed by atoms with Gasteiger partial charge in [0.2, 0.25) is 10.0 Å². The first kappa shape index (κ1) is 17.4. The van der Waals surface area contributed by atoms with E-state index in [2.05, 4.69) is 0 Å². The van der Waals surface area contributed by atoms with Crippen molar-refractivity contribution < 1.29 is 30.8 Å². The van der Waals surface area contributed by atoms with Gasteiger partial charge < -0.3 is 5.32 Å². The maximum atomic E-state index is 12.7. The predicted octanol–water partition coefficient (Wildman–Crippen LogP) is 1.27. The van der Waals surface area contributed by atoms with Crippen molar-refractivity contribution in [2.24, 2.45) is 5.14 Å². The van der Waals surface area contributed by atoms with Gasteiger partial charge in [0.15, 0.2) is 0 Å². The van der Waals surface area contributed by atoms with E-state index in [-0.39, 0.29) is 16.0 Å². The molecule has 0 saturated heterocycles. The molecule has 0 aliphatic carbocycles. The Balaban J connectivity index is 2.90. The molecule has 0 radical (unpaired) electrons. The van der Waals surface area contributed by atoms with Gasteiger partial charge in [0.25, 0.3) is 5.91 Å². The Bertz CT molecular complexity index is 647. The van der Waals surface area contributed by atoms with Gasteiger partial charge in [0.1, 0.15) is 0 Å². The number of alkyl halides is 4. The number of halogens is 4. The molecule has 1 amide bonds. The fourth-order valence-corrected chi connectivity index (χ4v) is 2.04. The number of primary sulfonamides is 1. The maximum absolute atomic E-state index is 12.7. The molecule has 0 atom stereocenters. The van der Waals surface area contributed by atoms with E-state index in [0.29, 0.717) is 0 Å². The van der Waals surface area contributed by atoms with E-state index in [1.54, 1.807) is 5.32 Å². The minimum Gasteiger partial charge on any atom is -0.346 e. The monoisotopic (exact) mass is 328 g/mol. The largest absolute Gasteiger partial charge is 0.346 e. The lowest BCUT2D eigenvalue weighted by atomic mass is 10.1. The third-order valence-electron chi connectivity index (χ3n) is 2.57. The molecule has 10 heteroatoms. The number of hydrogen-bond donors (Lipinski definition) is 2. The molecule has 3 N–H and O–H groups in total. The molecule has 0 aliphatic heterocycles. The zero-order valence-electron chi connectivity index (χ0n) is 10.7. The van der Waals surface area contributed by atoms with Crippen LogP contribution in [0.1, 0.15) is 15.9 Å². The number of rotatable bonds is 5. The Morgan fingerprint density at radius 3 is 2.38 bits per heavy atom. The molecule has 0 bridgehead atoms. The van der Waals surface area contributed by atoms with Gasteiger partial charge in [-0.1, -0.05) is 0 Å². The Hall–Kier alpha value is -1.68. The minimum absolute atomic E-state index is 0.118. The average Bonchev–Trinajstić information content (AvgIpc) is 2.34. The summed E-state index contributed by atoms with van der Waals surface area (Å²) in [5.41, 5.74) is 0.0341. The Kier molecular flexibility index (Phi) is 4.95. The van der Waals surface area contributed by atoms with Crippen molar-refractivity contribution in [1.29, 1.82) is 0 Å². The lowest BCUT2D eigenvalue weighted by Crippen LogP contribution is -2.41. The molecule has 118 valence electrons. The lowest BCUT2D eigenvalue weighted by Gasteiger charge is -2.16. The molecule has 1 rings (SSSR count). The highest BCUT2D eigenvalue weighted by atomic mass is 32.2. The fraction of sp³-hybridized carbons (Fsp3) is 0.364. The second kappa shape index (κ2) is 5.98. The number of aryl methyl sites for hydroxylation is 1. The van der Waals surface area contributed by atoms with Crippen molar-refractivity contribution in [1.82, 2.24) is 5.32 Å². The summed E-state index contributed by atoms with van der Waals surface area (Å²) in [7, 11) is -3.97. The Morgan fingerprint density at radius 2 is 1.95 bits per heavy atom.